The lowest BCUT2D eigenvalue weighted by Gasteiger charge is -2.15. The average Bonchev–Trinajstić information content (AvgIpc) is 2.71. The zero-order chi connectivity index (χ0) is 22.6. The summed E-state index contributed by atoms with van der Waals surface area (Å²) >= 11 is 5.92. The summed E-state index contributed by atoms with van der Waals surface area (Å²) in [7, 11) is -3.76. The number of carbonyl (C=O) groups is 1. The molecule has 1 atom stereocenters. The number of nitrogens with one attached hydrogen (secondary N) is 2. The standard InChI is InChI=1S/C23H23ClN2O4S/c1-15-7-8-16(2)22(13-15)26-31(28,29)21-11-9-19(10-12-21)25-23(27)17(3)30-20-6-4-5-18(24)14-20/h4-14,17,26H,1-3H3,(H,25,27)/t17-/m1/s1. The van der Waals surface area contributed by atoms with Gasteiger partial charge in [0.05, 0.1) is 10.6 Å². The van der Waals surface area contributed by atoms with Gasteiger partial charge in [-0.05, 0) is 80.4 Å². The van der Waals surface area contributed by atoms with Gasteiger partial charge in [-0.25, -0.2) is 8.42 Å². The minimum Gasteiger partial charge on any atom is -0.481 e. The molecule has 0 bridgehead atoms. The molecule has 6 nitrogen and oxygen atoms in total. The first kappa shape index (κ1) is 22.7. The van der Waals surface area contributed by atoms with Gasteiger partial charge in [0, 0.05) is 10.7 Å². The summed E-state index contributed by atoms with van der Waals surface area (Å²) in [6, 6.07) is 18.3. The summed E-state index contributed by atoms with van der Waals surface area (Å²) in [6.45, 7) is 5.34. The molecule has 0 saturated carbocycles. The van der Waals surface area contributed by atoms with Gasteiger partial charge in [0.25, 0.3) is 15.9 Å². The van der Waals surface area contributed by atoms with Crippen molar-refractivity contribution in [3.05, 3.63) is 82.9 Å². The van der Waals surface area contributed by atoms with Crippen LogP contribution in [0.15, 0.2) is 71.6 Å². The van der Waals surface area contributed by atoms with E-state index in [2.05, 4.69) is 10.0 Å². The number of carbonyl (C=O) groups excluding carboxylic acids is 1. The van der Waals surface area contributed by atoms with Gasteiger partial charge in [-0.1, -0.05) is 29.8 Å². The van der Waals surface area contributed by atoms with Crippen molar-refractivity contribution in [2.24, 2.45) is 0 Å². The molecule has 0 spiro atoms. The highest BCUT2D eigenvalue weighted by atomic mass is 35.5. The molecule has 3 rings (SSSR count). The van der Waals surface area contributed by atoms with Gasteiger partial charge in [0.1, 0.15) is 5.75 Å². The van der Waals surface area contributed by atoms with Gasteiger partial charge < -0.3 is 10.1 Å². The summed E-state index contributed by atoms with van der Waals surface area (Å²) in [6.07, 6.45) is -0.771. The monoisotopic (exact) mass is 458 g/mol. The molecule has 0 fully saturated rings. The number of sulfonamides is 1. The molecular formula is C23H23ClN2O4S. The van der Waals surface area contributed by atoms with E-state index in [1.165, 1.54) is 24.3 Å². The third-order valence-corrected chi connectivity index (χ3v) is 6.16. The van der Waals surface area contributed by atoms with E-state index in [1.807, 2.05) is 26.0 Å². The van der Waals surface area contributed by atoms with Gasteiger partial charge in [-0.2, -0.15) is 0 Å². The second-order valence-corrected chi connectivity index (χ2v) is 9.27. The first-order valence-electron chi connectivity index (χ1n) is 9.57. The first-order valence-corrected chi connectivity index (χ1v) is 11.4. The van der Waals surface area contributed by atoms with Crippen molar-refractivity contribution < 1.29 is 17.9 Å². The number of hydrogen-bond acceptors (Lipinski definition) is 4. The maximum atomic E-state index is 12.7. The van der Waals surface area contributed by atoms with Crippen LogP contribution in [0.2, 0.25) is 5.02 Å². The van der Waals surface area contributed by atoms with Crippen molar-refractivity contribution in [1.29, 1.82) is 0 Å². The molecule has 0 aliphatic heterocycles. The Morgan fingerprint density at radius 3 is 2.39 bits per heavy atom. The summed E-state index contributed by atoms with van der Waals surface area (Å²) in [5, 5.41) is 3.22. The Bertz CT molecular complexity index is 1190. The van der Waals surface area contributed by atoms with Crippen LogP contribution in [-0.2, 0) is 14.8 Å². The molecule has 0 heterocycles. The molecule has 31 heavy (non-hydrogen) atoms. The van der Waals surface area contributed by atoms with Gasteiger partial charge in [-0.15, -0.1) is 0 Å². The predicted molar refractivity (Wildman–Crippen MR) is 123 cm³/mol. The third kappa shape index (κ3) is 5.99. The smallest absolute Gasteiger partial charge is 0.265 e. The Hall–Kier alpha value is -3.03. The van der Waals surface area contributed by atoms with Crippen LogP contribution in [0.4, 0.5) is 11.4 Å². The van der Waals surface area contributed by atoms with Crippen LogP contribution in [0.3, 0.4) is 0 Å². The van der Waals surface area contributed by atoms with Gasteiger partial charge >= 0.3 is 0 Å². The van der Waals surface area contributed by atoms with Crippen LogP contribution >= 0.6 is 11.6 Å². The van der Waals surface area contributed by atoms with Crippen LogP contribution in [-0.4, -0.2) is 20.4 Å². The van der Waals surface area contributed by atoms with E-state index in [4.69, 9.17) is 16.3 Å². The van der Waals surface area contributed by atoms with Crippen LogP contribution < -0.4 is 14.8 Å². The second-order valence-electron chi connectivity index (χ2n) is 7.15. The summed E-state index contributed by atoms with van der Waals surface area (Å²) < 4.78 is 33.6. The van der Waals surface area contributed by atoms with Crippen molar-refractivity contribution >= 4 is 38.9 Å². The molecular weight excluding hydrogens is 436 g/mol. The van der Waals surface area contributed by atoms with Crippen molar-refractivity contribution in [3.8, 4) is 5.75 Å². The molecule has 3 aromatic rings. The second kappa shape index (κ2) is 9.41. The minimum atomic E-state index is -3.76. The SMILES string of the molecule is Cc1ccc(C)c(NS(=O)(=O)c2ccc(NC(=O)[C@@H](C)Oc3cccc(Cl)c3)cc2)c1. The van der Waals surface area contributed by atoms with Crippen LogP contribution in [0.25, 0.3) is 0 Å². The summed E-state index contributed by atoms with van der Waals surface area (Å²) in [5.74, 6) is 0.109. The van der Waals surface area contributed by atoms with E-state index >= 15 is 0 Å². The number of aryl methyl sites for hydroxylation is 2. The first-order chi connectivity index (χ1) is 14.6. The van der Waals surface area contributed by atoms with Crippen LogP contribution in [0.5, 0.6) is 5.75 Å². The Morgan fingerprint density at radius 2 is 1.71 bits per heavy atom. The molecule has 0 radical (unpaired) electrons. The summed E-state index contributed by atoms with van der Waals surface area (Å²) in [4.78, 5) is 12.5. The van der Waals surface area contributed by atoms with E-state index in [9.17, 15) is 13.2 Å². The highest BCUT2D eigenvalue weighted by molar-refractivity contribution is 7.92. The minimum absolute atomic E-state index is 0.0923. The predicted octanol–water partition coefficient (Wildman–Crippen LogP) is 5.16. The molecule has 3 aromatic carbocycles. The maximum Gasteiger partial charge on any atom is 0.265 e. The number of benzene rings is 3. The topological polar surface area (TPSA) is 84.5 Å². The molecule has 2 N–H and O–H groups in total. The number of ether oxygens (including phenoxy) is 1. The zero-order valence-electron chi connectivity index (χ0n) is 17.3. The highest BCUT2D eigenvalue weighted by Gasteiger charge is 2.18. The van der Waals surface area contributed by atoms with Crippen molar-refractivity contribution in [3.63, 3.8) is 0 Å². The lowest BCUT2D eigenvalue weighted by atomic mass is 10.1. The highest BCUT2D eigenvalue weighted by Crippen LogP contribution is 2.23. The van der Waals surface area contributed by atoms with E-state index in [0.717, 1.165) is 11.1 Å². The largest absolute Gasteiger partial charge is 0.481 e. The van der Waals surface area contributed by atoms with Crippen molar-refractivity contribution in [2.45, 2.75) is 31.8 Å². The Labute approximate surface area is 187 Å². The molecule has 8 heteroatoms. The molecule has 162 valence electrons. The van der Waals surface area contributed by atoms with Gasteiger partial charge in [0.2, 0.25) is 0 Å². The molecule has 0 aliphatic rings. The number of amides is 1. The van der Waals surface area contributed by atoms with Crippen molar-refractivity contribution in [2.75, 3.05) is 10.0 Å². The molecule has 1 amide bonds. The Kier molecular flexibility index (Phi) is 6.87. The lowest BCUT2D eigenvalue weighted by molar-refractivity contribution is -0.122. The van der Waals surface area contributed by atoms with Crippen molar-refractivity contribution in [1.82, 2.24) is 0 Å². The molecule has 0 saturated heterocycles. The van der Waals surface area contributed by atoms with Crippen LogP contribution in [0, 0.1) is 13.8 Å². The number of halogens is 1. The maximum absolute atomic E-state index is 12.7. The summed E-state index contributed by atoms with van der Waals surface area (Å²) in [5.41, 5.74) is 2.77. The Morgan fingerprint density at radius 1 is 1.00 bits per heavy atom. The third-order valence-electron chi connectivity index (χ3n) is 4.55. The lowest BCUT2D eigenvalue weighted by Crippen LogP contribution is -2.30. The Balaban J connectivity index is 1.66. The van der Waals surface area contributed by atoms with E-state index in [1.54, 1.807) is 37.3 Å². The average molecular weight is 459 g/mol. The molecule has 0 aliphatic carbocycles. The normalized spacial score (nSPS) is 12.1. The number of rotatable bonds is 7. The van der Waals surface area contributed by atoms with Gasteiger partial charge in [-0.3, -0.25) is 9.52 Å². The fraction of sp³-hybridized carbons (Fsp3) is 0.174. The van der Waals surface area contributed by atoms with E-state index < -0.39 is 16.1 Å². The molecule has 0 aromatic heterocycles. The fourth-order valence-corrected chi connectivity index (χ4v) is 4.11. The number of hydrogen-bond donors (Lipinski definition) is 2. The van der Waals surface area contributed by atoms with E-state index in [-0.39, 0.29) is 10.8 Å². The van der Waals surface area contributed by atoms with E-state index in [0.29, 0.717) is 22.1 Å². The zero-order valence-corrected chi connectivity index (χ0v) is 18.9. The van der Waals surface area contributed by atoms with Gasteiger partial charge in [0.15, 0.2) is 6.10 Å². The van der Waals surface area contributed by atoms with Crippen LogP contribution in [0.1, 0.15) is 18.1 Å². The number of anilines is 2. The quantitative estimate of drug-likeness (QED) is 0.512. The molecule has 0 unspecified atom stereocenters. The fourth-order valence-electron chi connectivity index (χ4n) is 2.81.